The highest BCUT2D eigenvalue weighted by atomic mass is 32.2. The van der Waals surface area contributed by atoms with E-state index in [1.54, 1.807) is 4.52 Å². The van der Waals surface area contributed by atoms with Crippen molar-refractivity contribution in [3.8, 4) is 0 Å². The van der Waals surface area contributed by atoms with Gasteiger partial charge >= 0.3 is 0 Å². The van der Waals surface area contributed by atoms with Gasteiger partial charge in [0, 0.05) is 41.8 Å². The lowest BCUT2D eigenvalue weighted by molar-refractivity contribution is -0.126. The largest absolute Gasteiger partial charge is 0.353 e. The van der Waals surface area contributed by atoms with E-state index in [0.717, 1.165) is 42.6 Å². The zero-order valence-corrected chi connectivity index (χ0v) is 19.8. The Labute approximate surface area is 197 Å². The number of hydrogen-bond donors (Lipinski definition) is 1. The van der Waals surface area contributed by atoms with E-state index in [4.69, 9.17) is 0 Å². The molecule has 1 saturated carbocycles. The van der Waals surface area contributed by atoms with Crippen molar-refractivity contribution in [3.63, 3.8) is 0 Å². The smallest absolute Gasteiger partial charge is 0.254 e. The fourth-order valence-corrected chi connectivity index (χ4v) is 5.12. The van der Waals surface area contributed by atoms with Gasteiger partial charge in [-0.05, 0) is 57.2 Å². The zero-order chi connectivity index (χ0) is 22.9. The molecule has 1 aliphatic heterocycles. The molecule has 1 atom stereocenters. The van der Waals surface area contributed by atoms with Gasteiger partial charge in [0.25, 0.3) is 11.7 Å². The van der Waals surface area contributed by atoms with E-state index in [1.807, 2.05) is 49.1 Å². The highest BCUT2D eigenvalue weighted by Crippen LogP contribution is 2.26. The molecular formula is C24H28N6O2S. The van der Waals surface area contributed by atoms with Gasteiger partial charge in [-0.3, -0.25) is 9.59 Å². The van der Waals surface area contributed by atoms with E-state index in [1.165, 1.54) is 11.8 Å². The van der Waals surface area contributed by atoms with Crippen molar-refractivity contribution in [1.29, 1.82) is 0 Å². The zero-order valence-electron chi connectivity index (χ0n) is 19.0. The number of amides is 2. The summed E-state index contributed by atoms with van der Waals surface area (Å²) in [5, 5.41) is 8.28. The molecule has 2 aliphatic rings. The first kappa shape index (κ1) is 21.9. The second-order valence-electron chi connectivity index (χ2n) is 8.96. The first-order valence-corrected chi connectivity index (χ1v) is 12.5. The first-order chi connectivity index (χ1) is 16.0. The van der Waals surface area contributed by atoms with Gasteiger partial charge < -0.3 is 10.2 Å². The van der Waals surface area contributed by atoms with Crippen molar-refractivity contribution in [3.05, 3.63) is 52.8 Å². The molecule has 33 heavy (non-hydrogen) atoms. The highest BCUT2D eigenvalue weighted by molar-refractivity contribution is 7.98. The molecule has 1 saturated heterocycles. The number of carbonyl (C=O) groups excluding carboxylic acids is 2. The molecule has 1 N–H and O–H groups in total. The normalized spacial score (nSPS) is 18.5. The van der Waals surface area contributed by atoms with Crippen LogP contribution in [0.5, 0.6) is 0 Å². The van der Waals surface area contributed by atoms with Crippen molar-refractivity contribution in [2.24, 2.45) is 5.92 Å². The maximum atomic E-state index is 13.4. The summed E-state index contributed by atoms with van der Waals surface area (Å²) >= 11 is 1.49. The Morgan fingerprint density at radius 2 is 1.97 bits per heavy atom. The fourth-order valence-electron chi connectivity index (χ4n) is 4.30. The highest BCUT2D eigenvalue weighted by Gasteiger charge is 2.32. The summed E-state index contributed by atoms with van der Waals surface area (Å²) in [4.78, 5) is 36.7. The lowest BCUT2D eigenvalue weighted by atomic mass is 9.96. The van der Waals surface area contributed by atoms with Crippen LogP contribution in [0.3, 0.4) is 0 Å². The number of benzene rings is 1. The molecule has 1 unspecified atom stereocenters. The minimum absolute atomic E-state index is 0.00813. The van der Waals surface area contributed by atoms with E-state index in [-0.39, 0.29) is 17.7 Å². The van der Waals surface area contributed by atoms with E-state index in [9.17, 15) is 9.59 Å². The summed E-state index contributed by atoms with van der Waals surface area (Å²) in [5.74, 6) is 1.13. The van der Waals surface area contributed by atoms with Crippen LogP contribution in [-0.2, 0) is 10.5 Å². The third kappa shape index (κ3) is 4.88. The number of piperidine rings is 1. The van der Waals surface area contributed by atoms with Crippen LogP contribution in [0, 0.1) is 19.8 Å². The van der Waals surface area contributed by atoms with Crippen molar-refractivity contribution in [2.75, 3.05) is 13.1 Å². The molecule has 5 rings (SSSR count). The van der Waals surface area contributed by atoms with Crippen LogP contribution < -0.4 is 5.32 Å². The SMILES string of the molecule is Cc1cc(C)n2nc(SCc3ccccc3C(=O)N3CCCC(C(=O)NC4CC4)C3)nc2n1. The average molecular weight is 465 g/mol. The number of nitrogens with zero attached hydrogens (tertiary/aromatic N) is 5. The minimum Gasteiger partial charge on any atom is -0.353 e. The first-order valence-electron chi connectivity index (χ1n) is 11.5. The Bertz CT molecular complexity index is 1200. The van der Waals surface area contributed by atoms with Crippen molar-refractivity contribution >= 4 is 29.4 Å². The number of aryl methyl sites for hydroxylation is 2. The maximum Gasteiger partial charge on any atom is 0.254 e. The van der Waals surface area contributed by atoms with Gasteiger partial charge in [0.2, 0.25) is 11.1 Å². The second-order valence-corrected chi connectivity index (χ2v) is 9.91. The fraction of sp³-hybridized carbons (Fsp3) is 0.458. The number of nitrogens with one attached hydrogen (secondary N) is 1. The monoisotopic (exact) mass is 464 g/mol. The lowest BCUT2D eigenvalue weighted by Gasteiger charge is -2.32. The number of fused-ring (bicyclic) bond motifs is 1. The van der Waals surface area contributed by atoms with Crippen molar-refractivity contribution in [1.82, 2.24) is 29.8 Å². The third-order valence-electron chi connectivity index (χ3n) is 6.21. The van der Waals surface area contributed by atoms with Gasteiger partial charge in [-0.25, -0.2) is 9.50 Å². The maximum absolute atomic E-state index is 13.4. The van der Waals surface area contributed by atoms with Crippen molar-refractivity contribution in [2.45, 2.75) is 56.5 Å². The topological polar surface area (TPSA) is 92.5 Å². The molecule has 3 aromatic rings. The van der Waals surface area contributed by atoms with Crippen LogP contribution in [0.25, 0.3) is 5.78 Å². The molecule has 0 radical (unpaired) electrons. The van der Waals surface area contributed by atoms with Gasteiger partial charge in [-0.15, -0.1) is 5.10 Å². The number of thioether (sulfide) groups is 1. The van der Waals surface area contributed by atoms with Crippen LogP contribution in [0.15, 0.2) is 35.5 Å². The standard InChI is InChI=1S/C24H28N6O2S/c1-15-12-16(2)30-23(25-15)27-24(28-30)33-14-18-6-3-4-8-20(18)22(32)29-11-5-7-17(13-29)21(31)26-19-9-10-19/h3-4,6,8,12,17,19H,5,7,9-11,13-14H2,1-2H3,(H,26,31). The summed E-state index contributed by atoms with van der Waals surface area (Å²) < 4.78 is 1.74. The minimum atomic E-state index is -0.119. The number of hydrogen-bond acceptors (Lipinski definition) is 6. The van der Waals surface area contributed by atoms with Crippen LogP contribution >= 0.6 is 11.8 Å². The molecule has 2 fully saturated rings. The summed E-state index contributed by atoms with van der Waals surface area (Å²) in [6, 6.07) is 10.0. The average Bonchev–Trinajstić information content (AvgIpc) is 3.53. The van der Waals surface area contributed by atoms with Gasteiger partial charge in [0.15, 0.2) is 0 Å². The number of carbonyl (C=O) groups is 2. The lowest BCUT2D eigenvalue weighted by Crippen LogP contribution is -2.46. The predicted octanol–water partition coefficient (Wildman–Crippen LogP) is 3.16. The van der Waals surface area contributed by atoms with Crippen LogP contribution in [0.1, 0.15) is 53.0 Å². The Hall–Kier alpha value is -2.94. The molecule has 0 spiro atoms. The van der Waals surface area contributed by atoms with E-state index >= 15 is 0 Å². The molecule has 3 heterocycles. The third-order valence-corrected chi connectivity index (χ3v) is 7.09. The number of aromatic nitrogens is 4. The molecule has 8 nitrogen and oxygen atoms in total. The molecular weight excluding hydrogens is 436 g/mol. The van der Waals surface area contributed by atoms with E-state index < -0.39 is 0 Å². The van der Waals surface area contributed by atoms with Gasteiger partial charge in [0.1, 0.15) is 0 Å². The van der Waals surface area contributed by atoms with Gasteiger partial charge in [0.05, 0.1) is 5.92 Å². The molecule has 2 aromatic heterocycles. The van der Waals surface area contributed by atoms with Crippen LogP contribution in [0.2, 0.25) is 0 Å². The molecule has 172 valence electrons. The van der Waals surface area contributed by atoms with Crippen molar-refractivity contribution < 1.29 is 9.59 Å². The summed E-state index contributed by atoms with van der Waals surface area (Å²) in [6.45, 7) is 5.09. The molecule has 9 heteroatoms. The van der Waals surface area contributed by atoms with Gasteiger partial charge in [-0.1, -0.05) is 30.0 Å². The Morgan fingerprint density at radius 3 is 2.79 bits per heavy atom. The summed E-state index contributed by atoms with van der Waals surface area (Å²) in [7, 11) is 0. The Morgan fingerprint density at radius 1 is 1.15 bits per heavy atom. The van der Waals surface area contributed by atoms with E-state index in [2.05, 4.69) is 20.4 Å². The molecule has 1 aromatic carbocycles. The second kappa shape index (κ2) is 9.13. The summed E-state index contributed by atoms with van der Waals surface area (Å²) in [6.07, 6.45) is 3.83. The quantitative estimate of drug-likeness (QED) is 0.564. The molecule has 2 amide bonds. The number of rotatable bonds is 6. The Kier molecular flexibility index (Phi) is 6.05. The molecule has 1 aliphatic carbocycles. The Balaban J connectivity index is 1.28. The predicted molar refractivity (Wildman–Crippen MR) is 126 cm³/mol. The molecule has 0 bridgehead atoms. The number of likely N-dealkylation sites (tertiary alicyclic amines) is 1. The summed E-state index contributed by atoms with van der Waals surface area (Å²) in [5.41, 5.74) is 3.52. The van der Waals surface area contributed by atoms with Crippen LogP contribution in [0.4, 0.5) is 0 Å². The van der Waals surface area contributed by atoms with E-state index in [0.29, 0.717) is 41.4 Å². The van der Waals surface area contributed by atoms with Crippen LogP contribution in [-0.4, -0.2) is 55.4 Å². The van der Waals surface area contributed by atoms with Gasteiger partial charge in [-0.2, -0.15) is 4.98 Å².